The maximum absolute atomic E-state index is 9.49. The summed E-state index contributed by atoms with van der Waals surface area (Å²) in [4.78, 5) is 0. The normalized spacial score (nSPS) is 49.6. The van der Waals surface area contributed by atoms with Crippen LogP contribution in [-0.4, -0.2) is 10.7 Å². The quantitative estimate of drug-likeness (QED) is 0.395. The van der Waals surface area contributed by atoms with Gasteiger partial charge in [-0.15, -0.1) is 0 Å². The second-order valence-electron chi connectivity index (χ2n) is 3.17. The molecule has 3 atom stereocenters. The van der Waals surface area contributed by atoms with Gasteiger partial charge in [-0.1, -0.05) is 12.2 Å². The number of allylic oxidation sites excluding steroid dienone is 2. The minimum atomic E-state index is -0.992. The molecule has 2 heteroatoms. The van der Waals surface area contributed by atoms with Gasteiger partial charge in [0.05, 0.1) is 6.07 Å². The predicted molar refractivity (Wildman–Crippen MR) is 35.9 cm³/mol. The molecule has 0 unspecified atom stereocenters. The molecule has 2 aliphatic carbocycles. The second kappa shape index (κ2) is 1.62. The third kappa shape index (κ3) is 0.512. The van der Waals surface area contributed by atoms with Gasteiger partial charge in [-0.3, -0.25) is 0 Å². The summed E-state index contributed by atoms with van der Waals surface area (Å²) in [6.07, 6.45) is 5.69. The highest BCUT2D eigenvalue weighted by molar-refractivity contribution is 5.23. The minimum absolute atomic E-state index is 0.206. The molecule has 0 heterocycles. The lowest BCUT2D eigenvalue weighted by molar-refractivity contribution is -0.0686. The van der Waals surface area contributed by atoms with Crippen molar-refractivity contribution >= 4 is 0 Å². The first-order chi connectivity index (χ1) is 4.76. The van der Waals surface area contributed by atoms with Crippen molar-refractivity contribution in [3.8, 4) is 6.07 Å². The predicted octanol–water partition coefficient (Wildman–Crippen LogP) is 0.837. The van der Waals surface area contributed by atoms with Gasteiger partial charge in [0.25, 0.3) is 0 Å². The average molecular weight is 135 g/mol. The molecule has 0 bridgehead atoms. The van der Waals surface area contributed by atoms with Crippen molar-refractivity contribution in [1.29, 1.82) is 5.26 Å². The first kappa shape index (κ1) is 5.94. The number of hydrogen-bond donors (Lipinski definition) is 1. The standard InChI is InChI=1S/C8H9NO/c9-5-8(10)4-6-2-1-3-7(6)8/h1-2,6-7,10H,3-4H2/t6-,7-,8+/m0/s1. The van der Waals surface area contributed by atoms with E-state index in [1.165, 1.54) is 0 Å². The minimum Gasteiger partial charge on any atom is -0.375 e. The molecule has 1 saturated carbocycles. The molecule has 0 radical (unpaired) electrons. The highest BCUT2D eigenvalue weighted by atomic mass is 16.3. The smallest absolute Gasteiger partial charge is 0.155 e. The van der Waals surface area contributed by atoms with Crippen molar-refractivity contribution in [2.45, 2.75) is 18.4 Å². The Labute approximate surface area is 59.8 Å². The Morgan fingerprint density at radius 2 is 2.50 bits per heavy atom. The molecular formula is C8H9NO. The number of fused-ring (bicyclic) bond motifs is 1. The number of aliphatic hydroxyl groups is 1. The molecule has 2 aliphatic rings. The van der Waals surface area contributed by atoms with E-state index < -0.39 is 5.60 Å². The lowest BCUT2D eigenvalue weighted by Gasteiger charge is -2.43. The van der Waals surface area contributed by atoms with E-state index >= 15 is 0 Å². The molecule has 2 nitrogen and oxygen atoms in total. The van der Waals surface area contributed by atoms with Crippen molar-refractivity contribution < 1.29 is 5.11 Å². The number of nitrogens with zero attached hydrogens (tertiary/aromatic N) is 1. The van der Waals surface area contributed by atoms with E-state index in [0.717, 1.165) is 6.42 Å². The van der Waals surface area contributed by atoms with Crippen LogP contribution in [0.3, 0.4) is 0 Å². The first-order valence-corrected chi connectivity index (χ1v) is 3.56. The van der Waals surface area contributed by atoms with Crippen LogP contribution in [0.4, 0.5) is 0 Å². The van der Waals surface area contributed by atoms with Crippen LogP contribution >= 0.6 is 0 Å². The number of rotatable bonds is 0. The highest BCUT2D eigenvalue weighted by Gasteiger charge is 2.53. The van der Waals surface area contributed by atoms with Gasteiger partial charge in [-0.25, -0.2) is 0 Å². The van der Waals surface area contributed by atoms with Crippen LogP contribution in [0.15, 0.2) is 12.2 Å². The van der Waals surface area contributed by atoms with E-state index in [9.17, 15) is 5.11 Å². The Morgan fingerprint density at radius 1 is 1.70 bits per heavy atom. The molecule has 1 N–H and O–H groups in total. The van der Waals surface area contributed by atoms with Gasteiger partial charge in [0.1, 0.15) is 0 Å². The lowest BCUT2D eigenvalue weighted by Crippen LogP contribution is -2.50. The zero-order valence-corrected chi connectivity index (χ0v) is 5.62. The number of nitriles is 1. The summed E-state index contributed by atoms with van der Waals surface area (Å²) >= 11 is 0. The van der Waals surface area contributed by atoms with E-state index in [4.69, 9.17) is 5.26 Å². The highest BCUT2D eigenvalue weighted by Crippen LogP contribution is 2.49. The van der Waals surface area contributed by atoms with E-state index in [0.29, 0.717) is 12.3 Å². The number of hydrogen-bond acceptors (Lipinski definition) is 2. The Hall–Kier alpha value is -0.810. The third-order valence-corrected chi connectivity index (χ3v) is 2.64. The molecule has 1 fully saturated rings. The summed E-state index contributed by atoms with van der Waals surface area (Å²) in [7, 11) is 0. The molecule has 10 heavy (non-hydrogen) atoms. The molecule has 0 aromatic carbocycles. The molecule has 0 aromatic rings. The largest absolute Gasteiger partial charge is 0.375 e. The van der Waals surface area contributed by atoms with Crippen molar-refractivity contribution in [3.63, 3.8) is 0 Å². The Morgan fingerprint density at radius 3 is 3.10 bits per heavy atom. The fourth-order valence-electron chi connectivity index (χ4n) is 1.95. The SMILES string of the molecule is N#C[C@]1(O)C[C@@H]2C=CC[C@@H]21. The van der Waals surface area contributed by atoms with E-state index in [1.54, 1.807) is 0 Å². The van der Waals surface area contributed by atoms with Crippen molar-refractivity contribution in [2.75, 3.05) is 0 Å². The van der Waals surface area contributed by atoms with Crippen LogP contribution in [0.25, 0.3) is 0 Å². The molecule has 2 rings (SSSR count). The topological polar surface area (TPSA) is 44.0 Å². The fraction of sp³-hybridized carbons (Fsp3) is 0.625. The van der Waals surface area contributed by atoms with Crippen LogP contribution in [0.1, 0.15) is 12.8 Å². The monoisotopic (exact) mass is 135 g/mol. The summed E-state index contributed by atoms with van der Waals surface area (Å²) in [5.74, 6) is 0.696. The van der Waals surface area contributed by atoms with Gasteiger partial charge in [-0.2, -0.15) is 5.26 Å². The van der Waals surface area contributed by atoms with Gasteiger partial charge in [0, 0.05) is 5.92 Å². The Bertz CT molecular complexity index is 228. The third-order valence-electron chi connectivity index (χ3n) is 2.64. The van der Waals surface area contributed by atoms with Gasteiger partial charge in [0.2, 0.25) is 0 Å². The average Bonchev–Trinajstić information content (AvgIpc) is 2.30. The van der Waals surface area contributed by atoms with Crippen molar-refractivity contribution in [1.82, 2.24) is 0 Å². The Balaban J connectivity index is 2.18. The van der Waals surface area contributed by atoms with Crippen LogP contribution < -0.4 is 0 Å². The summed E-state index contributed by atoms with van der Waals surface area (Å²) in [6, 6.07) is 1.96. The zero-order chi connectivity index (χ0) is 7.19. The second-order valence-corrected chi connectivity index (χ2v) is 3.17. The zero-order valence-electron chi connectivity index (χ0n) is 5.62. The summed E-state index contributed by atoms with van der Waals surface area (Å²) in [5.41, 5.74) is -0.992. The maximum Gasteiger partial charge on any atom is 0.155 e. The van der Waals surface area contributed by atoms with Crippen LogP contribution in [0, 0.1) is 23.2 Å². The first-order valence-electron chi connectivity index (χ1n) is 3.56. The van der Waals surface area contributed by atoms with Crippen LogP contribution in [-0.2, 0) is 0 Å². The van der Waals surface area contributed by atoms with Gasteiger partial charge in [0.15, 0.2) is 5.60 Å². The molecule has 0 saturated heterocycles. The van der Waals surface area contributed by atoms with Crippen molar-refractivity contribution in [3.05, 3.63) is 12.2 Å². The maximum atomic E-state index is 9.49. The fourth-order valence-corrected chi connectivity index (χ4v) is 1.95. The summed E-state index contributed by atoms with van der Waals surface area (Å²) in [5, 5.41) is 18.1. The van der Waals surface area contributed by atoms with E-state index in [1.807, 2.05) is 6.07 Å². The van der Waals surface area contributed by atoms with Crippen LogP contribution in [0.2, 0.25) is 0 Å². The molecule has 0 amide bonds. The molecule has 0 spiro atoms. The Kier molecular flexibility index (Phi) is 0.959. The van der Waals surface area contributed by atoms with Gasteiger partial charge in [-0.05, 0) is 18.8 Å². The van der Waals surface area contributed by atoms with E-state index in [-0.39, 0.29) is 5.92 Å². The van der Waals surface area contributed by atoms with Crippen LogP contribution in [0.5, 0.6) is 0 Å². The van der Waals surface area contributed by atoms with E-state index in [2.05, 4.69) is 12.2 Å². The lowest BCUT2D eigenvalue weighted by atomic mass is 9.63. The molecule has 0 aliphatic heterocycles. The summed E-state index contributed by atoms with van der Waals surface area (Å²) in [6.45, 7) is 0. The molecular weight excluding hydrogens is 126 g/mol. The van der Waals surface area contributed by atoms with Gasteiger partial charge < -0.3 is 5.11 Å². The van der Waals surface area contributed by atoms with Gasteiger partial charge >= 0.3 is 0 Å². The van der Waals surface area contributed by atoms with Crippen molar-refractivity contribution in [2.24, 2.45) is 11.8 Å². The summed E-state index contributed by atoms with van der Waals surface area (Å²) < 4.78 is 0. The molecule has 52 valence electrons. The molecule has 0 aromatic heterocycles.